The first-order valence-electron chi connectivity index (χ1n) is 8.58. The van der Waals surface area contributed by atoms with Crippen LogP contribution in [-0.4, -0.2) is 72.5 Å². The zero-order chi connectivity index (χ0) is 19.1. The zero-order valence-corrected chi connectivity index (χ0v) is 16.2. The van der Waals surface area contributed by atoms with Gasteiger partial charge in [0.25, 0.3) is 0 Å². The third-order valence-electron chi connectivity index (χ3n) is 3.15. The van der Waals surface area contributed by atoms with E-state index in [4.69, 9.17) is 9.47 Å². The van der Waals surface area contributed by atoms with E-state index in [1.165, 1.54) is 18.5 Å². The van der Waals surface area contributed by atoms with Crippen molar-refractivity contribution >= 4 is 16.0 Å². The summed E-state index contributed by atoms with van der Waals surface area (Å²) in [7, 11) is -1.90. The topological polar surface area (TPSA) is 114 Å². The van der Waals surface area contributed by atoms with Crippen molar-refractivity contribution in [3.8, 4) is 0 Å². The van der Waals surface area contributed by atoms with Crippen LogP contribution in [0.15, 0.2) is 34.4 Å². The van der Waals surface area contributed by atoms with Gasteiger partial charge in [-0.1, -0.05) is 0 Å². The summed E-state index contributed by atoms with van der Waals surface area (Å²) >= 11 is 0. The third kappa shape index (κ3) is 9.66. The molecule has 3 N–H and O–H groups in total. The highest BCUT2D eigenvalue weighted by Gasteiger charge is 2.12. The fourth-order valence-electron chi connectivity index (χ4n) is 1.90. The van der Waals surface area contributed by atoms with Gasteiger partial charge in [0, 0.05) is 52.3 Å². The molecule has 0 spiro atoms. The summed E-state index contributed by atoms with van der Waals surface area (Å²) in [5.41, 5.74) is 0. The van der Waals surface area contributed by atoms with Gasteiger partial charge in [-0.25, -0.2) is 13.1 Å². The number of hydrogen-bond acceptors (Lipinski definition) is 6. The summed E-state index contributed by atoms with van der Waals surface area (Å²) in [6.07, 6.45) is 3.65. The summed E-state index contributed by atoms with van der Waals surface area (Å²) in [6.45, 7) is 5.74. The van der Waals surface area contributed by atoms with E-state index in [0.717, 1.165) is 13.0 Å². The first-order chi connectivity index (χ1) is 12.6. The van der Waals surface area contributed by atoms with E-state index >= 15 is 0 Å². The van der Waals surface area contributed by atoms with Crippen LogP contribution in [0.5, 0.6) is 0 Å². The van der Waals surface area contributed by atoms with Crippen LogP contribution in [0.3, 0.4) is 0 Å². The maximum atomic E-state index is 12.1. The number of methoxy groups -OCH3 is 1. The van der Waals surface area contributed by atoms with E-state index in [2.05, 4.69) is 25.3 Å². The van der Waals surface area contributed by atoms with Gasteiger partial charge in [-0.2, -0.15) is 0 Å². The average Bonchev–Trinajstić information content (AvgIpc) is 2.65. The van der Waals surface area contributed by atoms with Crippen LogP contribution in [0, 0.1) is 0 Å². The Hall–Kier alpha value is -1.75. The molecule has 10 heteroatoms. The van der Waals surface area contributed by atoms with E-state index in [9.17, 15) is 8.42 Å². The Labute approximate surface area is 155 Å². The molecule has 26 heavy (non-hydrogen) atoms. The lowest BCUT2D eigenvalue weighted by Gasteiger charge is -2.12. The SMILES string of the molecule is CCNC(=NCCCOCCOC)NCCNS(=O)(=O)c1cccnc1. The highest BCUT2D eigenvalue weighted by molar-refractivity contribution is 7.89. The Bertz CT molecular complexity index is 610. The van der Waals surface area contributed by atoms with Crippen LogP contribution in [0.2, 0.25) is 0 Å². The largest absolute Gasteiger partial charge is 0.382 e. The molecule has 0 fully saturated rings. The second kappa shape index (κ2) is 13.5. The minimum atomic E-state index is -3.54. The Balaban J connectivity index is 2.29. The Morgan fingerprint density at radius 2 is 2.08 bits per heavy atom. The van der Waals surface area contributed by atoms with Gasteiger partial charge < -0.3 is 20.1 Å². The number of sulfonamides is 1. The Morgan fingerprint density at radius 3 is 2.77 bits per heavy atom. The second-order valence-corrected chi connectivity index (χ2v) is 7.00. The van der Waals surface area contributed by atoms with Crippen molar-refractivity contribution in [1.29, 1.82) is 0 Å². The van der Waals surface area contributed by atoms with Crippen LogP contribution in [-0.2, 0) is 19.5 Å². The lowest BCUT2D eigenvalue weighted by molar-refractivity contribution is 0.0702. The lowest BCUT2D eigenvalue weighted by Crippen LogP contribution is -2.41. The monoisotopic (exact) mass is 387 g/mol. The van der Waals surface area contributed by atoms with E-state index in [0.29, 0.717) is 38.9 Å². The Kier molecular flexibility index (Phi) is 11.5. The highest BCUT2D eigenvalue weighted by atomic mass is 32.2. The molecule has 1 aromatic heterocycles. The molecule has 0 aliphatic carbocycles. The molecule has 9 nitrogen and oxygen atoms in total. The van der Waals surface area contributed by atoms with Gasteiger partial charge in [-0.15, -0.1) is 0 Å². The molecule has 1 heterocycles. The molecular weight excluding hydrogens is 358 g/mol. The number of nitrogens with zero attached hydrogens (tertiary/aromatic N) is 2. The van der Waals surface area contributed by atoms with Crippen molar-refractivity contribution in [1.82, 2.24) is 20.3 Å². The van der Waals surface area contributed by atoms with Gasteiger partial charge in [-0.3, -0.25) is 9.98 Å². The quantitative estimate of drug-likeness (QED) is 0.247. The molecule has 0 radical (unpaired) electrons. The van der Waals surface area contributed by atoms with Crippen molar-refractivity contribution in [3.05, 3.63) is 24.5 Å². The van der Waals surface area contributed by atoms with Gasteiger partial charge in [0.2, 0.25) is 10.0 Å². The smallest absolute Gasteiger partial charge is 0.242 e. The molecule has 0 saturated heterocycles. The van der Waals surface area contributed by atoms with Crippen LogP contribution < -0.4 is 15.4 Å². The van der Waals surface area contributed by atoms with Crippen LogP contribution in [0.4, 0.5) is 0 Å². The molecule has 1 rings (SSSR count). The molecule has 0 unspecified atom stereocenters. The van der Waals surface area contributed by atoms with Crippen molar-refractivity contribution in [3.63, 3.8) is 0 Å². The van der Waals surface area contributed by atoms with E-state index in [1.807, 2.05) is 6.92 Å². The van der Waals surface area contributed by atoms with E-state index in [-0.39, 0.29) is 11.4 Å². The van der Waals surface area contributed by atoms with Gasteiger partial charge in [0.05, 0.1) is 13.2 Å². The molecule has 0 aliphatic heterocycles. The molecule has 0 atom stereocenters. The maximum absolute atomic E-state index is 12.1. The first kappa shape index (κ1) is 22.3. The third-order valence-corrected chi connectivity index (χ3v) is 4.59. The van der Waals surface area contributed by atoms with Gasteiger partial charge in [0.1, 0.15) is 4.90 Å². The van der Waals surface area contributed by atoms with E-state index in [1.54, 1.807) is 13.2 Å². The number of nitrogens with one attached hydrogen (secondary N) is 3. The highest BCUT2D eigenvalue weighted by Crippen LogP contribution is 2.04. The molecule has 0 amide bonds. The number of hydrogen-bond donors (Lipinski definition) is 3. The summed E-state index contributed by atoms with van der Waals surface area (Å²) < 4.78 is 36.9. The number of guanidine groups is 1. The van der Waals surface area contributed by atoms with Crippen LogP contribution >= 0.6 is 0 Å². The molecule has 1 aromatic rings. The summed E-state index contributed by atoms with van der Waals surface area (Å²) in [5, 5.41) is 6.21. The fraction of sp³-hybridized carbons (Fsp3) is 0.625. The standard InChI is InChI=1S/C16H29N5O4S/c1-3-18-16(19-8-5-11-25-13-12-24-2)20-9-10-21-26(22,23)15-6-4-7-17-14-15/h4,6-7,14,21H,3,5,8-13H2,1-2H3,(H2,18,19,20). The minimum Gasteiger partial charge on any atom is -0.382 e. The number of aliphatic imine (C=N–C) groups is 1. The van der Waals surface area contributed by atoms with Crippen LogP contribution in [0.25, 0.3) is 0 Å². The minimum absolute atomic E-state index is 0.147. The fourth-order valence-corrected chi connectivity index (χ4v) is 2.89. The normalized spacial score (nSPS) is 12.2. The van der Waals surface area contributed by atoms with Crippen molar-refractivity contribution in [2.45, 2.75) is 18.2 Å². The Morgan fingerprint density at radius 1 is 1.23 bits per heavy atom. The van der Waals surface area contributed by atoms with Gasteiger partial charge in [0.15, 0.2) is 5.96 Å². The lowest BCUT2D eigenvalue weighted by atomic mass is 10.4. The summed E-state index contributed by atoms with van der Waals surface area (Å²) in [6, 6.07) is 3.09. The van der Waals surface area contributed by atoms with E-state index < -0.39 is 10.0 Å². The number of ether oxygens (including phenoxy) is 2. The average molecular weight is 388 g/mol. The molecule has 0 aliphatic rings. The number of rotatable bonds is 13. The second-order valence-electron chi connectivity index (χ2n) is 5.23. The molecule has 148 valence electrons. The summed E-state index contributed by atoms with van der Waals surface area (Å²) in [4.78, 5) is 8.38. The van der Waals surface area contributed by atoms with Crippen LogP contribution in [0.1, 0.15) is 13.3 Å². The van der Waals surface area contributed by atoms with Gasteiger partial charge in [-0.05, 0) is 25.5 Å². The number of pyridine rings is 1. The van der Waals surface area contributed by atoms with Crippen molar-refractivity contribution in [2.24, 2.45) is 4.99 Å². The summed E-state index contributed by atoms with van der Waals surface area (Å²) in [5.74, 6) is 0.643. The van der Waals surface area contributed by atoms with Gasteiger partial charge >= 0.3 is 0 Å². The number of aromatic nitrogens is 1. The molecule has 0 bridgehead atoms. The maximum Gasteiger partial charge on any atom is 0.242 e. The zero-order valence-electron chi connectivity index (χ0n) is 15.4. The van der Waals surface area contributed by atoms with Crippen molar-refractivity contribution in [2.75, 3.05) is 53.1 Å². The first-order valence-corrected chi connectivity index (χ1v) is 10.1. The predicted molar refractivity (Wildman–Crippen MR) is 101 cm³/mol. The predicted octanol–water partition coefficient (Wildman–Crippen LogP) is -0.0319. The molecule has 0 saturated carbocycles. The molecular formula is C16H29N5O4S. The molecule has 0 aromatic carbocycles. The van der Waals surface area contributed by atoms with Crippen molar-refractivity contribution < 1.29 is 17.9 Å².